The molecule has 0 saturated carbocycles. The van der Waals surface area contributed by atoms with E-state index in [1.807, 2.05) is 47.8 Å². The van der Waals surface area contributed by atoms with Crippen molar-refractivity contribution < 1.29 is 9.53 Å². The smallest absolute Gasteiger partial charge is 0.338 e. The van der Waals surface area contributed by atoms with Crippen molar-refractivity contribution in [2.75, 3.05) is 0 Å². The average molecular weight is 421 g/mol. The molecule has 110 valence electrons. The first-order chi connectivity index (χ1) is 10.7. The zero-order valence-electron chi connectivity index (χ0n) is 11.5. The van der Waals surface area contributed by atoms with Crippen molar-refractivity contribution in [3.8, 4) is 10.6 Å². The van der Waals surface area contributed by atoms with Gasteiger partial charge in [0.25, 0.3) is 0 Å². The summed E-state index contributed by atoms with van der Waals surface area (Å²) in [4.78, 5) is 16.5. The maximum absolute atomic E-state index is 12.0. The highest BCUT2D eigenvalue weighted by molar-refractivity contribution is 14.1. The molecule has 0 aliphatic rings. The van der Waals surface area contributed by atoms with Gasteiger partial charge in [-0.25, -0.2) is 9.78 Å². The number of carbonyl (C=O) groups is 1. The second-order valence-corrected chi connectivity index (χ2v) is 6.70. The third kappa shape index (κ3) is 3.72. The molecular weight excluding hydrogens is 409 g/mol. The Morgan fingerprint density at radius 2 is 1.82 bits per heavy atom. The number of hydrogen-bond donors (Lipinski definition) is 0. The number of thiazole rings is 1. The van der Waals surface area contributed by atoms with Crippen LogP contribution >= 0.6 is 33.9 Å². The lowest BCUT2D eigenvalue weighted by Crippen LogP contribution is -2.05. The maximum Gasteiger partial charge on any atom is 0.338 e. The van der Waals surface area contributed by atoms with Crippen LogP contribution in [0.4, 0.5) is 0 Å². The van der Waals surface area contributed by atoms with Gasteiger partial charge in [-0.15, -0.1) is 11.3 Å². The monoisotopic (exact) mass is 421 g/mol. The molecule has 0 unspecified atom stereocenters. The summed E-state index contributed by atoms with van der Waals surface area (Å²) < 4.78 is 6.39. The van der Waals surface area contributed by atoms with E-state index in [-0.39, 0.29) is 12.6 Å². The Morgan fingerprint density at radius 3 is 2.55 bits per heavy atom. The molecule has 0 bridgehead atoms. The summed E-state index contributed by atoms with van der Waals surface area (Å²) in [5.74, 6) is -0.328. The Morgan fingerprint density at radius 1 is 1.09 bits per heavy atom. The van der Waals surface area contributed by atoms with Crippen LogP contribution in [0.3, 0.4) is 0 Å². The van der Waals surface area contributed by atoms with E-state index in [4.69, 9.17) is 4.74 Å². The fourth-order valence-electron chi connectivity index (χ4n) is 1.90. The Labute approximate surface area is 146 Å². The molecule has 22 heavy (non-hydrogen) atoms. The van der Waals surface area contributed by atoms with Crippen molar-refractivity contribution in [2.45, 2.75) is 6.61 Å². The van der Waals surface area contributed by atoms with E-state index in [2.05, 4.69) is 27.6 Å². The van der Waals surface area contributed by atoms with Gasteiger partial charge in [0, 0.05) is 14.5 Å². The third-order valence-electron chi connectivity index (χ3n) is 3.00. The second kappa shape index (κ2) is 7.02. The van der Waals surface area contributed by atoms with E-state index < -0.39 is 0 Å². The molecule has 3 rings (SSSR count). The van der Waals surface area contributed by atoms with Crippen LogP contribution in [0.25, 0.3) is 10.6 Å². The third-order valence-corrected chi connectivity index (χ3v) is 4.66. The van der Waals surface area contributed by atoms with Gasteiger partial charge in [0.1, 0.15) is 11.6 Å². The first-order valence-electron chi connectivity index (χ1n) is 6.65. The molecule has 1 heterocycles. The van der Waals surface area contributed by atoms with E-state index in [0.717, 1.165) is 19.8 Å². The molecule has 0 fully saturated rings. The lowest BCUT2D eigenvalue weighted by atomic mass is 10.2. The molecule has 0 spiro atoms. The van der Waals surface area contributed by atoms with Gasteiger partial charge >= 0.3 is 5.97 Å². The summed E-state index contributed by atoms with van der Waals surface area (Å²) in [6, 6.07) is 17.3. The van der Waals surface area contributed by atoms with Gasteiger partial charge < -0.3 is 4.74 Å². The summed E-state index contributed by atoms with van der Waals surface area (Å²) in [5.41, 5.74) is 2.39. The summed E-state index contributed by atoms with van der Waals surface area (Å²) in [6.45, 7) is 0.189. The summed E-state index contributed by atoms with van der Waals surface area (Å²) >= 11 is 3.75. The number of rotatable bonds is 4. The summed E-state index contributed by atoms with van der Waals surface area (Å²) in [5, 5.41) is 2.85. The second-order valence-electron chi connectivity index (χ2n) is 4.59. The fraction of sp³-hybridized carbons (Fsp3) is 0.0588. The van der Waals surface area contributed by atoms with E-state index in [1.54, 1.807) is 23.5 Å². The van der Waals surface area contributed by atoms with Gasteiger partial charge in [0.2, 0.25) is 0 Å². The summed E-state index contributed by atoms with van der Waals surface area (Å²) in [7, 11) is 0. The van der Waals surface area contributed by atoms with E-state index >= 15 is 0 Å². The van der Waals surface area contributed by atoms with Crippen LogP contribution in [-0.2, 0) is 11.3 Å². The zero-order chi connectivity index (χ0) is 15.4. The molecule has 0 atom stereocenters. The first kappa shape index (κ1) is 15.2. The molecule has 0 radical (unpaired) electrons. The van der Waals surface area contributed by atoms with E-state index in [0.29, 0.717) is 5.56 Å². The summed E-state index contributed by atoms with van der Waals surface area (Å²) in [6.07, 6.45) is 0. The normalized spacial score (nSPS) is 10.4. The van der Waals surface area contributed by atoms with Crippen molar-refractivity contribution in [1.29, 1.82) is 0 Å². The molecule has 0 saturated heterocycles. The van der Waals surface area contributed by atoms with Gasteiger partial charge in [-0.2, -0.15) is 0 Å². The van der Waals surface area contributed by atoms with Crippen molar-refractivity contribution in [3.05, 3.63) is 74.8 Å². The van der Waals surface area contributed by atoms with Crippen LogP contribution < -0.4 is 0 Å². The van der Waals surface area contributed by atoms with Gasteiger partial charge in [0.15, 0.2) is 0 Å². The van der Waals surface area contributed by atoms with Crippen molar-refractivity contribution in [2.24, 2.45) is 0 Å². The number of aromatic nitrogens is 1. The van der Waals surface area contributed by atoms with Crippen LogP contribution in [0, 0.1) is 3.57 Å². The molecule has 3 nitrogen and oxygen atoms in total. The molecule has 3 aromatic rings. The van der Waals surface area contributed by atoms with E-state index in [1.165, 1.54) is 0 Å². The number of nitrogens with zero attached hydrogens (tertiary/aromatic N) is 1. The van der Waals surface area contributed by atoms with Gasteiger partial charge in [-0.3, -0.25) is 0 Å². The Bertz CT molecular complexity index is 769. The molecule has 2 aromatic carbocycles. The predicted molar refractivity (Wildman–Crippen MR) is 95.8 cm³/mol. The maximum atomic E-state index is 12.0. The number of carbonyl (C=O) groups excluding carboxylic acids is 1. The Hall–Kier alpha value is -1.73. The van der Waals surface area contributed by atoms with Gasteiger partial charge in [-0.05, 0) is 46.9 Å². The predicted octanol–water partition coefficient (Wildman–Crippen LogP) is 4.77. The highest BCUT2D eigenvalue weighted by atomic mass is 127. The molecule has 0 aliphatic carbocycles. The van der Waals surface area contributed by atoms with Crippen LogP contribution in [0.2, 0.25) is 0 Å². The molecule has 5 heteroatoms. The van der Waals surface area contributed by atoms with Crippen LogP contribution in [-0.4, -0.2) is 11.0 Å². The topological polar surface area (TPSA) is 39.2 Å². The molecular formula is C17H12INO2S. The highest BCUT2D eigenvalue weighted by Crippen LogP contribution is 2.23. The highest BCUT2D eigenvalue weighted by Gasteiger charge is 2.09. The standard InChI is InChI=1S/C17H12INO2S/c18-14-8-6-13(7-9-14)17(20)21-10-15-11-22-16(19-15)12-4-2-1-3-5-12/h1-9,11H,10H2. The molecule has 0 amide bonds. The number of ether oxygens (including phenoxy) is 1. The minimum Gasteiger partial charge on any atom is -0.456 e. The molecule has 1 aromatic heterocycles. The zero-order valence-corrected chi connectivity index (χ0v) is 14.5. The van der Waals surface area contributed by atoms with Crippen LogP contribution in [0.1, 0.15) is 16.1 Å². The minimum absolute atomic E-state index is 0.189. The van der Waals surface area contributed by atoms with Crippen molar-refractivity contribution >= 4 is 39.9 Å². The minimum atomic E-state index is -0.328. The lowest BCUT2D eigenvalue weighted by Gasteiger charge is -2.03. The Kier molecular flexibility index (Phi) is 4.84. The number of hydrogen-bond acceptors (Lipinski definition) is 4. The quantitative estimate of drug-likeness (QED) is 0.450. The number of benzene rings is 2. The van der Waals surface area contributed by atoms with Crippen LogP contribution in [0.15, 0.2) is 60.0 Å². The van der Waals surface area contributed by atoms with Crippen molar-refractivity contribution in [1.82, 2.24) is 4.98 Å². The molecule has 0 N–H and O–H groups in total. The lowest BCUT2D eigenvalue weighted by molar-refractivity contribution is 0.0468. The van der Waals surface area contributed by atoms with Gasteiger partial charge in [0.05, 0.1) is 11.3 Å². The van der Waals surface area contributed by atoms with Gasteiger partial charge in [-0.1, -0.05) is 30.3 Å². The van der Waals surface area contributed by atoms with E-state index in [9.17, 15) is 4.79 Å². The SMILES string of the molecule is O=C(OCc1csc(-c2ccccc2)n1)c1ccc(I)cc1. The van der Waals surface area contributed by atoms with Crippen molar-refractivity contribution in [3.63, 3.8) is 0 Å². The Balaban J connectivity index is 1.64. The fourth-order valence-corrected chi connectivity index (χ4v) is 3.07. The number of esters is 1. The largest absolute Gasteiger partial charge is 0.456 e. The first-order valence-corrected chi connectivity index (χ1v) is 8.61. The number of halogens is 1. The average Bonchev–Trinajstić information content (AvgIpc) is 3.03. The molecule has 0 aliphatic heterocycles. The van der Waals surface area contributed by atoms with Crippen LogP contribution in [0.5, 0.6) is 0 Å².